The molecule has 1 aliphatic heterocycles. The molecule has 0 atom stereocenters. The van der Waals surface area contributed by atoms with Crippen molar-refractivity contribution in [3.05, 3.63) is 71.7 Å². The molecular formula is C23H22F3N5O. The molecule has 0 spiro atoms. The Balaban J connectivity index is 1.48. The number of piperidine rings is 1. The number of nitrogens with zero attached hydrogens (tertiary/aromatic N) is 4. The van der Waals surface area contributed by atoms with Crippen LogP contribution in [0, 0.1) is 0 Å². The third-order valence-electron chi connectivity index (χ3n) is 5.27. The zero-order valence-corrected chi connectivity index (χ0v) is 17.3. The van der Waals surface area contributed by atoms with E-state index in [4.69, 9.17) is 0 Å². The largest absolute Gasteiger partial charge is 0.433 e. The van der Waals surface area contributed by atoms with Crippen LogP contribution in [-0.2, 0) is 12.7 Å². The summed E-state index contributed by atoms with van der Waals surface area (Å²) < 4.78 is 40.0. The summed E-state index contributed by atoms with van der Waals surface area (Å²) in [4.78, 5) is 26.2. The number of anilines is 1. The first kappa shape index (κ1) is 21.7. The number of pyridine rings is 1. The highest BCUT2D eigenvalue weighted by molar-refractivity contribution is 5.94. The van der Waals surface area contributed by atoms with Crippen molar-refractivity contribution >= 4 is 11.7 Å². The lowest BCUT2D eigenvalue weighted by Crippen LogP contribution is -2.35. The standard InChI is InChI=1S/C23H22F3N5O/c24-23(25,26)19-14-20(30-21(29-19)17-8-10-27-11-9-17)28-15-16-4-6-18(7-5-16)22(32)31-12-2-1-3-13-31/h4-11,14H,1-3,12-13,15H2,(H,28,29,30). The summed E-state index contributed by atoms with van der Waals surface area (Å²) in [5.74, 6) is 0.0385. The van der Waals surface area contributed by atoms with E-state index in [9.17, 15) is 18.0 Å². The lowest BCUT2D eigenvalue weighted by Gasteiger charge is -2.26. The second-order valence-corrected chi connectivity index (χ2v) is 7.60. The van der Waals surface area contributed by atoms with Crippen LogP contribution in [0.4, 0.5) is 19.0 Å². The predicted molar refractivity (Wildman–Crippen MR) is 114 cm³/mol. The van der Waals surface area contributed by atoms with Gasteiger partial charge in [0.05, 0.1) is 0 Å². The number of nitrogens with one attached hydrogen (secondary N) is 1. The third-order valence-corrected chi connectivity index (χ3v) is 5.27. The van der Waals surface area contributed by atoms with Gasteiger partial charge in [-0.1, -0.05) is 12.1 Å². The van der Waals surface area contributed by atoms with E-state index in [1.54, 1.807) is 36.4 Å². The summed E-state index contributed by atoms with van der Waals surface area (Å²) in [6, 6.07) is 11.1. The van der Waals surface area contributed by atoms with Crippen molar-refractivity contribution < 1.29 is 18.0 Å². The normalized spacial score (nSPS) is 14.3. The van der Waals surface area contributed by atoms with Gasteiger partial charge in [0.1, 0.15) is 5.82 Å². The van der Waals surface area contributed by atoms with Crippen LogP contribution in [0.1, 0.15) is 40.9 Å². The molecule has 0 bridgehead atoms. The average Bonchev–Trinajstić information content (AvgIpc) is 2.83. The average molecular weight is 441 g/mol. The Kier molecular flexibility index (Phi) is 6.34. The number of likely N-dealkylation sites (tertiary alicyclic amines) is 1. The van der Waals surface area contributed by atoms with Crippen LogP contribution in [0.2, 0.25) is 0 Å². The van der Waals surface area contributed by atoms with E-state index < -0.39 is 11.9 Å². The van der Waals surface area contributed by atoms with Crippen molar-refractivity contribution in [1.82, 2.24) is 19.9 Å². The molecule has 1 amide bonds. The van der Waals surface area contributed by atoms with Crippen LogP contribution in [0.25, 0.3) is 11.4 Å². The first-order chi connectivity index (χ1) is 15.4. The van der Waals surface area contributed by atoms with Crippen LogP contribution in [0.5, 0.6) is 0 Å². The van der Waals surface area contributed by atoms with Gasteiger partial charge in [0.2, 0.25) is 0 Å². The minimum Gasteiger partial charge on any atom is -0.366 e. The van der Waals surface area contributed by atoms with Crippen LogP contribution in [0.3, 0.4) is 0 Å². The Hall–Kier alpha value is -3.49. The van der Waals surface area contributed by atoms with Crippen LogP contribution < -0.4 is 5.32 Å². The molecular weight excluding hydrogens is 419 g/mol. The summed E-state index contributed by atoms with van der Waals surface area (Å²) in [5.41, 5.74) is 0.842. The number of halogens is 3. The predicted octanol–water partition coefficient (Wildman–Crippen LogP) is 4.80. The van der Waals surface area contributed by atoms with Gasteiger partial charge in [0.15, 0.2) is 11.5 Å². The Labute approximate surface area is 183 Å². The van der Waals surface area contributed by atoms with Crippen molar-refractivity contribution in [1.29, 1.82) is 0 Å². The summed E-state index contributed by atoms with van der Waals surface area (Å²) >= 11 is 0. The molecule has 1 saturated heterocycles. The third kappa shape index (κ3) is 5.22. The minimum atomic E-state index is -4.60. The zero-order valence-electron chi connectivity index (χ0n) is 17.3. The quantitative estimate of drug-likeness (QED) is 0.616. The van der Waals surface area contributed by atoms with E-state index in [2.05, 4.69) is 20.3 Å². The lowest BCUT2D eigenvalue weighted by atomic mass is 10.1. The minimum absolute atomic E-state index is 0.0109. The highest BCUT2D eigenvalue weighted by atomic mass is 19.4. The van der Waals surface area contributed by atoms with Gasteiger partial charge in [-0.2, -0.15) is 13.2 Å². The van der Waals surface area contributed by atoms with Gasteiger partial charge in [0.25, 0.3) is 5.91 Å². The van der Waals surface area contributed by atoms with E-state index in [0.717, 1.165) is 44.0 Å². The fraction of sp³-hybridized carbons (Fsp3) is 0.304. The SMILES string of the molecule is O=C(c1ccc(CNc2cc(C(F)(F)F)nc(-c3ccncc3)n2)cc1)N1CCCCC1. The Morgan fingerprint density at radius 3 is 2.31 bits per heavy atom. The van der Waals surface area contributed by atoms with Crippen molar-refractivity contribution in [2.45, 2.75) is 32.0 Å². The summed E-state index contributed by atoms with van der Waals surface area (Å²) in [6.45, 7) is 1.80. The van der Waals surface area contributed by atoms with E-state index in [1.165, 1.54) is 12.4 Å². The van der Waals surface area contributed by atoms with Gasteiger partial charge in [-0.15, -0.1) is 0 Å². The van der Waals surface area contributed by atoms with Crippen molar-refractivity contribution in [2.75, 3.05) is 18.4 Å². The number of carbonyl (C=O) groups excluding carboxylic acids is 1. The van der Waals surface area contributed by atoms with Crippen molar-refractivity contribution in [3.63, 3.8) is 0 Å². The molecule has 1 N–H and O–H groups in total. The number of hydrogen-bond donors (Lipinski definition) is 1. The molecule has 0 aliphatic carbocycles. The van der Waals surface area contributed by atoms with Crippen LogP contribution in [-0.4, -0.2) is 38.8 Å². The van der Waals surface area contributed by atoms with E-state index in [0.29, 0.717) is 11.1 Å². The molecule has 3 heterocycles. The molecule has 0 radical (unpaired) electrons. The second kappa shape index (κ2) is 9.33. The maximum Gasteiger partial charge on any atom is 0.433 e. The number of alkyl halides is 3. The van der Waals surface area contributed by atoms with Gasteiger partial charge in [-0.3, -0.25) is 9.78 Å². The molecule has 1 fully saturated rings. The fourth-order valence-electron chi connectivity index (χ4n) is 3.55. The van der Waals surface area contributed by atoms with Gasteiger partial charge in [-0.05, 0) is 49.1 Å². The molecule has 2 aromatic heterocycles. The Morgan fingerprint density at radius 2 is 1.66 bits per heavy atom. The van der Waals surface area contributed by atoms with Crippen molar-refractivity contribution in [2.24, 2.45) is 0 Å². The molecule has 1 aromatic carbocycles. The molecule has 0 saturated carbocycles. The Bertz CT molecular complexity index is 1070. The molecule has 6 nitrogen and oxygen atoms in total. The number of hydrogen-bond acceptors (Lipinski definition) is 5. The number of rotatable bonds is 5. The topological polar surface area (TPSA) is 71.0 Å². The summed E-state index contributed by atoms with van der Waals surface area (Å²) in [6.07, 6.45) is 1.54. The first-order valence-electron chi connectivity index (χ1n) is 10.4. The number of aromatic nitrogens is 3. The molecule has 3 aromatic rings. The molecule has 4 rings (SSSR count). The number of amides is 1. The maximum atomic E-state index is 13.3. The molecule has 0 unspecified atom stereocenters. The smallest absolute Gasteiger partial charge is 0.366 e. The van der Waals surface area contributed by atoms with Gasteiger partial charge in [-0.25, -0.2) is 9.97 Å². The highest BCUT2D eigenvalue weighted by Crippen LogP contribution is 2.30. The molecule has 32 heavy (non-hydrogen) atoms. The monoisotopic (exact) mass is 441 g/mol. The lowest BCUT2D eigenvalue weighted by molar-refractivity contribution is -0.141. The molecule has 9 heteroatoms. The first-order valence-corrected chi connectivity index (χ1v) is 10.4. The number of benzene rings is 1. The number of carbonyl (C=O) groups is 1. The summed E-state index contributed by atoms with van der Waals surface area (Å²) in [5, 5.41) is 2.93. The van der Waals surface area contributed by atoms with Gasteiger partial charge >= 0.3 is 6.18 Å². The maximum absolute atomic E-state index is 13.3. The highest BCUT2D eigenvalue weighted by Gasteiger charge is 2.33. The van der Waals surface area contributed by atoms with E-state index in [1.807, 2.05) is 4.90 Å². The van der Waals surface area contributed by atoms with Gasteiger partial charge in [0, 0.05) is 49.2 Å². The van der Waals surface area contributed by atoms with Gasteiger partial charge < -0.3 is 10.2 Å². The molecule has 166 valence electrons. The fourth-order valence-corrected chi connectivity index (χ4v) is 3.55. The van der Waals surface area contributed by atoms with Crippen LogP contribution >= 0.6 is 0 Å². The van der Waals surface area contributed by atoms with E-state index in [-0.39, 0.29) is 24.1 Å². The van der Waals surface area contributed by atoms with Crippen molar-refractivity contribution in [3.8, 4) is 11.4 Å². The Morgan fingerprint density at radius 1 is 0.969 bits per heavy atom. The second-order valence-electron chi connectivity index (χ2n) is 7.60. The zero-order chi connectivity index (χ0) is 22.6. The van der Waals surface area contributed by atoms with Crippen LogP contribution in [0.15, 0.2) is 54.9 Å². The molecule has 1 aliphatic rings. The summed E-state index contributed by atoms with van der Waals surface area (Å²) in [7, 11) is 0. The van der Waals surface area contributed by atoms with E-state index >= 15 is 0 Å².